The summed E-state index contributed by atoms with van der Waals surface area (Å²) in [5.74, 6) is 0.958. The van der Waals surface area contributed by atoms with Gasteiger partial charge < -0.3 is 10.5 Å². The maximum atomic E-state index is 14.5. The summed E-state index contributed by atoms with van der Waals surface area (Å²) >= 11 is 0. The summed E-state index contributed by atoms with van der Waals surface area (Å²) in [5.41, 5.74) is 14.2. The van der Waals surface area contributed by atoms with Gasteiger partial charge in [0.05, 0.1) is 23.1 Å². The summed E-state index contributed by atoms with van der Waals surface area (Å²) in [7, 11) is 4.10. The largest absolute Gasteiger partial charge is 0.482 e. The van der Waals surface area contributed by atoms with Gasteiger partial charge in [-0.15, -0.1) is 0 Å². The van der Waals surface area contributed by atoms with E-state index in [9.17, 15) is 4.39 Å². The number of hydrogen-bond acceptors (Lipinski definition) is 6. The van der Waals surface area contributed by atoms with Crippen LogP contribution in [0.5, 0.6) is 5.75 Å². The molecule has 1 aromatic carbocycles. The normalized spacial score (nSPS) is 23.9. The quantitative estimate of drug-likeness (QED) is 0.433. The Labute approximate surface area is 208 Å². The molecule has 36 heavy (non-hydrogen) atoms. The number of rotatable bonds is 1. The van der Waals surface area contributed by atoms with Crippen LogP contribution in [0.4, 0.5) is 10.2 Å². The van der Waals surface area contributed by atoms with E-state index in [1.165, 1.54) is 17.7 Å². The van der Waals surface area contributed by atoms with Gasteiger partial charge in [-0.2, -0.15) is 10.2 Å². The molecule has 9 heteroatoms. The van der Waals surface area contributed by atoms with Crippen molar-refractivity contribution in [2.75, 3.05) is 19.3 Å². The van der Waals surface area contributed by atoms with E-state index < -0.39 is 6.10 Å². The second kappa shape index (κ2) is 7.39. The number of anilines is 1. The molecule has 2 aliphatic heterocycles. The predicted molar refractivity (Wildman–Crippen MR) is 134 cm³/mol. The molecule has 0 amide bonds. The number of fused-ring (bicyclic) bond motifs is 10. The maximum absolute atomic E-state index is 14.5. The number of ether oxygens (including phenoxy) is 1. The van der Waals surface area contributed by atoms with Crippen LogP contribution in [-0.2, 0) is 13.6 Å². The highest BCUT2D eigenvalue weighted by atomic mass is 19.1. The summed E-state index contributed by atoms with van der Waals surface area (Å²) in [6, 6.07) is 7.05. The number of aryl methyl sites for hydroxylation is 2. The molecule has 2 N–H and O–H groups in total. The molecule has 7 rings (SSSR count). The van der Waals surface area contributed by atoms with Crippen molar-refractivity contribution in [2.24, 2.45) is 13.0 Å². The summed E-state index contributed by atoms with van der Waals surface area (Å²) in [5, 5.41) is 10.0. The van der Waals surface area contributed by atoms with Gasteiger partial charge in [0.15, 0.2) is 11.6 Å². The van der Waals surface area contributed by atoms with Gasteiger partial charge in [0.2, 0.25) is 0 Å². The van der Waals surface area contributed by atoms with Crippen LogP contribution in [0.3, 0.4) is 0 Å². The zero-order chi connectivity index (χ0) is 24.9. The number of benzene rings is 1. The second-order valence-electron chi connectivity index (χ2n) is 10.2. The first kappa shape index (κ1) is 21.6. The molecule has 0 radical (unpaired) electrons. The first-order chi connectivity index (χ1) is 17.4. The SMILES string of the molecule is CCn1nc2c3c1-c1cnc(N)c(c1)O[C@H](C)c1cc(F)ccc1-c1nn(C)cc1C3C1CN(C)C21. The molecule has 184 valence electrons. The van der Waals surface area contributed by atoms with E-state index in [1.54, 1.807) is 6.20 Å². The number of nitrogen functional groups attached to an aromatic ring is 1. The first-order valence-electron chi connectivity index (χ1n) is 12.4. The minimum absolute atomic E-state index is 0.106. The minimum atomic E-state index is -0.471. The zero-order valence-corrected chi connectivity index (χ0v) is 20.7. The van der Waals surface area contributed by atoms with Gasteiger partial charge in [-0.3, -0.25) is 14.3 Å². The molecule has 1 aliphatic carbocycles. The van der Waals surface area contributed by atoms with Gasteiger partial charge in [-0.25, -0.2) is 9.37 Å². The lowest BCUT2D eigenvalue weighted by Gasteiger charge is -2.44. The van der Waals surface area contributed by atoms with Crippen LogP contribution in [0.25, 0.3) is 22.5 Å². The van der Waals surface area contributed by atoms with Crippen molar-refractivity contribution in [1.29, 1.82) is 0 Å². The third kappa shape index (κ3) is 2.80. The summed E-state index contributed by atoms with van der Waals surface area (Å²) in [6.45, 7) is 5.73. The zero-order valence-electron chi connectivity index (χ0n) is 20.7. The van der Waals surface area contributed by atoms with E-state index in [0.29, 0.717) is 17.5 Å². The molecule has 3 unspecified atom stereocenters. The Balaban J connectivity index is 1.59. The highest BCUT2D eigenvalue weighted by molar-refractivity contribution is 5.75. The predicted octanol–water partition coefficient (Wildman–Crippen LogP) is 4.29. The third-order valence-electron chi connectivity index (χ3n) is 8.07. The number of nitrogens with zero attached hydrogens (tertiary/aromatic N) is 6. The molecule has 0 saturated carbocycles. The topological polar surface area (TPSA) is 87.0 Å². The molecule has 1 fully saturated rings. The number of pyridine rings is 1. The van der Waals surface area contributed by atoms with Crippen molar-refractivity contribution < 1.29 is 9.13 Å². The highest BCUT2D eigenvalue weighted by Crippen LogP contribution is 2.59. The lowest BCUT2D eigenvalue weighted by atomic mass is 9.78. The number of hydrogen-bond donors (Lipinski definition) is 1. The van der Waals surface area contributed by atoms with Crippen molar-refractivity contribution >= 4 is 5.82 Å². The van der Waals surface area contributed by atoms with Crippen LogP contribution in [0.2, 0.25) is 0 Å². The summed E-state index contributed by atoms with van der Waals surface area (Å²) in [6.07, 6.45) is 3.46. The number of likely N-dealkylation sites (tertiary alicyclic amines) is 1. The average molecular weight is 486 g/mol. The van der Waals surface area contributed by atoms with Crippen LogP contribution in [0, 0.1) is 11.7 Å². The van der Waals surface area contributed by atoms with Crippen molar-refractivity contribution in [3.8, 4) is 28.3 Å². The molecule has 3 aromatic heterocycles. The van der Waals surface area contributed by atoms with Crippen LogP contribution < -0.4 is 10.5 Å². The van der Waals surface area contributed by atoms with Gasteiger partial charge in [0.25, 0.3) is 0 Å². The van der Waals surface area contributed by atoms with Crippen LogP contribution in [0.1, 0.15) is 54.3 Å². The Bertz CT molecular complexity index is 1540. The number of halogens is 1. The molecule has 4 atom stereocenters. The van der Waals surface area contributed by atoms with E-state index in [0.717, 1.165) is 52.4 Å². The fourth-order valence-electron chi connectivity index (χ4n) is 6.55. The van der Waals surface area contributed by atoms with Gasteiger partial charge in [0, 0.05) is 72.2 Å². The molecular formula is C27H28FN7O. The van der Waals surface area contributed by atoms with E-state index in [1.807, 2.05) is 30.8 Å². The molecule has 1 saturated heterocycles. The Hall–Kier alpha value is -3.72. The van der Waals surface area contributed by atoms with Crippen molar-refractivity contribution in [2.45, 2.75) is 38.5 Å². The Morgan fingerprint density at radius 3 is 2.78 bits per heavy atom. The van der Waals surface area contributed by atoms with Crippen molar-refractivity contribution in [3.05, 3.63) is 64.9 Å². The standard InChI is InChI=1S/C27H28FN7O/c1-5-35-25-14-8-20(27(29)30-10-14)36-13(2)17-9-15(28)6-7-16(17)23-18(12-34(4)31-23)21-19-11-33(3)26(19)24(32-35)22(21)25/h6-10,12-13,19,21,26H,5,11H2,1-4H3,(H2,29,30)/t13-,19?,21?,26?/m1/s1. The van der Waals surface area contributed by atoms with Crippen molar-refractivity contribution in [3.63, 3.8) is 0 Å². The second-order valence-corrected chi connectivity index (χ2v) is 10.2. The summed E-state index contributed by atoms with van der Waals surface area (Å²) in [4.78, 5) is 6.86. The van der Waals surface area contributed by atoms with Gasteiger partial charge in [0.1, 0.15) is 11.9 Å². The van der Waals surface area contributed by atoms with E-state index >= 15 is 0 Å². The lowest BCUT2D eigenvalue weighted by Crippen LogP contribution is -2.46. The lowest BCUT2D eigenvalue weighted by molar-refractivity contribution is 0.0429. The monoisotopic (exact) mass is 485 g/mol. The Morgan fingerprint density at radius 2 is 2.00 bits per heavy atom. The van der Waals surface area contributed by atoms with E-state index in [2.05, 4.69) is 34.7 Å². The van der Waals surface area contributed by atoms with Crippen LogP contribution in [0.15, 0.2) is 36.7 Å². The third-order valence-corrected chi connectivity index (χ3v) is 8.07. The average Bonchev–Trinajstić information content (AvgIpc) is 3.47. The number of nitrogens with two attached hydrogens (primary N) is 1. The van der Waals surface area contributed by atoms with Crippen LogP contribution >= 0.6 is 0 Å². The van der Waals surface area contributed by atoms with E-state index in [4.69, 9.17) is 20.7 Å². The fourth-order valence-corrected chi connectivity index (χ4v) is 6.55. The molecule has 2 bridgehead atoms. The van der Waals surface area contributed by atoms with Crippen LogP contribution in [-0.4, -0.2) is 43.0 Å². The molecule has 3 aliphatic rings. The molecule has 5 heterocycles. The fraction of sp³-hybridized carbons (Fsp3) is 0.370. The molecule has 8 nitrogen and oxygen atoms in total. The van der Waals surface area contributed by atoms with Gasteiger partial charge in [-0.05, 0) is 45.2 Å². The maximum Gasteiger partial charge on any atom is 0.166 e. The van der Waals surface area contributed by atoms with Crippen molar-refractivity contribution in [1.82, 2.24) is 29.4 Å². The summed E-state index contributed by atoms with van der Waals surface area (Å²) < 4.78 is 24.8. The Morgan fingerprint density at radius 1 is 1.17 bits per heavy atom. The Kier molecular flexibility index (Phi) is 4.43. The smallest absolute Gasteiger partial charge is 0.166 e. The van der Waals surface area contributed by atoms with Gasteiger partial charge >= 0.3 is 0 Å². The molecule has 0 spiro atoms. The van der Waals surface area contributed by atoms with E-state index in [-0.39, 0.29) is 17.8 Å². The highest BCUT2D eigenvalue weighted by Gasteiger charge is 2.54. The minimum Gasteiger partial charge on any atom is -0.482 e. The number of aromatic nitrogens is 5. The van der Waals surface area contributed by atoms with Gasteiger partial charge in [-0.1, -0.05) is 0 Å². The first-order valence-corrected chi connectivity index (χ1v) is 12.4. The molecular weight excluding hydrogens is 457 g/mol. The molecule has 4 aromatic rings.